The van der Waals surface area contributed by atoms with Crippen LogP contribution in [-0.2, 0) is 0 Å². The molecule has 0 spiro atoms. The lowest BCUT2D eigenvalue weighted by Gasteiger charge is -2.16. The second-order valence-corrected chi connectivity index (χ2v) is 8.37. The summed E-state index contributed by atoms with van der Waals surface area (Å²) in [5, 5.41) is 13.2. The number of ketones is 1. The highest BCUT2D eigenvalue weighted by atomic mass is 32.2. The van der Waals surface area contributed by atoms with Gasteiger partial charge in [0.25, 0.3) is 0 Å². The van der Waals surface area contributed by atoms with Crippen molar-refractivity contribution in [1.29, 1.82) is 0 Å². The number of H-pyrrole nitrogens is 1. The van der Waals surface area contributed by atoms with Gasteiger partial charge in [-0.15, -0.1) is 5.10 Å². The number of aromatic nitrogens is 5. The Morgan fingerprint density at radius 2 is 1.79 bits per heavy atom. The molecule has 3 aromatic carbocycles. The van der Waals surface area contributed by atoms with E-state index in [0.717, 1.165) is 22.2 Å². The molecule has 0 saturated heterocycles. The van der Waals surface area contributed by atoms with Crippen LogP contribution in [0.4, 0.5) is 0 Å². The lowest BCUT2D eigenvalue weighted by molar-refractivity contribution is 0.0991. The van der Waals surface area contributed by atoms with Gasteiger partial charge in [0.2, 0.25) is 5.16 Å². The van der Waals surface area contributed by atoms with Crippen LogP contribution in [0, 0.1) is 0 Å². The van der Waals surface area contributed by atoms with Crippen molar-refractivity contribution in [2.24, 2.45) is 0 Å². The van der Waals surface area contributed by atoms with Gasteiger partial charge in [-0.2, -0.15) is 4.68 Å². The molecule has 33 heavy (non-hydrogen) atoms. The van der Waals surface area contributed by atoms with Crippen molar-refractivity contribution in [3.05, 3.63) is 96.2 Å². The highest BCUT2D eigenvalue weighted by molar-refractivity contribution is 8.00. The van der Waals surface area contributed by atoms with Crippen LogP contribution in [-0.4, -0.2) is 37.6 Å². The van der Waals surface area contributed by atoms with Crippen LogP contribution in [0.5, 0.6) is 5.75 Å². The number of rotatable bonds is 8. The molecular weight excluding hydrogens is 434 g/mol. The number of aromatic amines is 1. The smallest absolute Gasteiger partial charge is 0.215 e. The molecule has 0 fully saturated rings. The zero-order valence-electron chi connectivity index (χ0n) is 17.9. The maximum atomic E-state index is 13.8. The fraction of sp³-hybridized carbons (Fsp3) is 0.120. The molecule has 2 aromatic heterocycles. The number of Topliss-reactive ketones (excluding diaryl/α,β-unsaturated/α-hetero) is 1. The van der Waals surface area contributed by atoms with Crippen LogP contribution >= 0.6 is 11.8 Å². The first-order valence-corrected chi connectivity index (χ1v) is 11.5. The van der Waals surface area contributed by atoms with Crippen molar-refractivity contribution >= 4 is 28.4 Å². The highest BCUT2D eigenvalue weighted by Crippen LogP contribution is 2.39. The summed E-state index contributed by atoms with van der Waals surface area (Å²) < 4.78 is 7.38. The van der Waals surface area contributed by atoms with Crippen molar-refractivity contribution in [3.8, 4) is 11.4 Å². The minimum atomic E-state index is -0.533. The van der Waals surface area contributed by atoms with Gasteiger partial charge in [-0.3, -0.25) is 4.79 Å². The van der Waals surface area contributed by atoms with E-state index >= 15 is 0 Å². The van der Waals surface area contributed by atoms with Crippen LogP contribution in [0.2, 0.25) is 0 Å². The summed E-state index contributed by atoms with van der Waals surface area (Å²) in [4.78, 5) is 17.0. The topological polar surface area (TPSA) is 85.7 Å². The second kappa shape index (κ2) is 9.30. The highest BCUT2D eigenvalue weighted by Gasteiger charge is 2.28. The van der Waals surface area contributed by atoms with E-state index in [1.165, 1.54) is 11.8 Å². The van der Waals surface area contributed by atoms with Crippen LogP contribution in [0.1, 0.15) is 28.1 Å². The first-order valence-electron chi connectivity index (χ1n) is 10.6. The van der Waals surface area contributed by atoms with E-state index in [1.807, 2.05) is 85.8 Å². The van der Waals surface area contributed by atoms with Gasteiger partial charge >= 0.3 is 0 Å². The third-order valence-corrected chi connectivity index (χ3v) is 6.44. The summed E-state index contributed by atoms with van der Waals surface area (Å²) in [6.07, 6.45) is 1.77. The number of carbonyl (C=O) groups excluding carboxylic acids is 1. The maximum Gasteiger partial charge on any atom is 0.215 e. The Morgan fingerprint density at radius 1 is 1.03 bits per heavy atom. The van der Waals surface area contributed by atoms with Crippen molar-refractivity contribution < 1.29 is 9.53 Å². The summed E-state index contributed by atoms with van der Waals surface area (Å²) >= 11 is 1.32. The zero-order valence-corrected chi connectivity index (χ0v) is 18.7. The van der Waals surface area contributed by atoms with Crippen molar-refractivity contribution in [3.63, 3.8) is 0 Å². The van der Waals surface area contributed by atoms with E-state index in [0.29, 0.717) is 23.1 Å². The van der Waals surface area contributed by atoms with Crippen LogP contribution in [0.15, 0.2) is 90.2 Å². The number of carbonyl (C=O) groups is 1. The van der Waals surface area contributed by atoms with E-state index in [1.54, 1.807) is 10.9 Å². The maximum absolute atomic E-state index is 13.8. The molecule has 8 heteroatoms. The number of fused-ring (bicyclic) bond motifs is 1. The number of benzene rings is 3. The number of tetrazole rings is 1. The molecule has 0 radical (unpaired) electrons. The summed E-state index contributed by atoms with van der Waals surface area (Å²) in [7, 11) is 0. The first kappa shape index (κ1) is 21.0. The minimum Gasteiger partial charge on any atom is -0.492 e. The first-order chi connectivity index (χ1) is 16.3. The van der Waals surface area contributed by atoms with E-state index in [-0.39, 0.29) is 5.78 Å². The predicted molar refractivity (Wildman–Crippen MR) is 128 cm³/mol. The van der Waals surface area contributed by atoms with Gasteiger partial charge < -0.3 is 9.72 Å². The fourth-order valence-corrected chi connectivity index (χ4v) is 4.79. The van der Waals surface area contributed by atoms with E-state index < -0.39 is 5.25 Å². The fourth-order valence-electron chi connectivity index (χ4n) is 3.74. The number of nitrogens with zero attached hydrogens (tertiary/aromatic N) is 4. The number of nitrogens with one attached hydrogen (secondary N) is 1. The Labute approximate surface area is 194 Å². The van der Waals surface area contributed by atoms with Gasteiger partial charge in [-0.05, 0) is 41.1 Å². The molecule has 1 unspecified atom stereocenters. The quantitative estimate of drug-likeness (QED) is 0.254. The van der Waals surface area contributed by atoms with E-state index in [9.17, 15) is 4.79 Å². The predicted octanol–water partition coefficient (Wildman–Crippen LogP) is 5.26. The average molecular weight is 456 g/mol. The SMILES string of the molecule is CCOc1ccccc1-n1nnnc1SC(C(=O)c1c[nH]c2ccccc12)c1ccccc1. The van der Waals surface area contributed by atoms with Crippen LogP contribution in [0.3, 0.4) is 0 Å². The lowest BCUT2D eigenvalue weighted by Crippen LogP contribution is -2.11. The third-order valence-electron chi connectivity index (χ3n) is 5.25. The summed E-state index contributed by atoms with van der Waals surface area (Å²) in [6.45, 7) is 2.45. The normalized spacial score (nSPS) is 12.0. The van der Waals surface area contributed by atoms with Gasteiger partial charge in [0.15, 0.2) is 5.78 Å². The van der Waals surface area contributed by atoms with Crippen molar-refractivity contribution in [1.82, 2.24) is 25.2 Å². The largest absolute Gasteiger partial charge is 0.492 e. The summed E-state index contributed by atoms with van der Waals surface area (Å²) in [6, 6.07) is 25.1. The zero-order chi connectivity index (χ0) is 22.6. The van der Waals surface area contributed by atoms with Gasteiger partial charge in [0.1, 0.15) is 16.7 Å². The lowest BCUT2D eigenvalue weighted by atomic mass is 10.0. The number of hydrogen-bond acceptors (Lipinski definition) is 6. The number of ether oxygens (including phenoxy) is 1. The Kier molecular flexibility index (Phi) is 5.91. The standard InChI is InChI=1S/C25H21N5O2S/c1-2-32-22-15-9-8-14-21(22)30-25(27-28-29-30)33-24(17-10-4-3-5-11-17)23(31)19-16-26-20-13-7-6-12-18(19)20/h3-16,24,26H,2H2,1H3. The number of hydrogen-bond donors (Lipinski definition) is 1. The van der Waals surface area contributed by atoms with Gasteiger partial charge in [0, 0.05) is 22.7 Å². The second-order valence-electron chi connectivity index (χ2n) is 7.29. The molecule has 0 aliphatic carbocycles. The molecule has 1 atom stereocenters. The Hall–Kier alpha value is -3.91. The molecular formula is C25H21N5O2S. The molecule has 1 N–H and O–H groups in total. The van der Waals surface area contributed by atoms with Crippen molar-refractivity contribution in [2.45, 2.75) is 17.3 Å². The molecule has 5 aromatic rings. The van der Waals surface area contributed by atoms with Crippen LogP contribution < -0.4 is 4.74 Å². The minimum absolute atomic E-state index is 0.0173. The molecule has 7 nitrogen and oxygen atoms in total. The Morgan fingerprint density at radius 3 is 2.64 bits per heavy atom. The van der Waals surface area contributed by atoms with Gasteiger partial charge in [-0.25, -0.2) is 0 Å². The molecule has 0 saturated carbocycles. The molecule has 5 rings (SSSR count). The molecule has 0 aliphatic rings. The summed E-state index contributed by atoms with van der Waals surface area (Å²) in [5.74, 6) is 0.657. The number of thioether (sulfide) groups is 1. The van der Waals surface area contributed by atoms with Crippen LogP contribution in [0.25, 0.3) is 16.6 Å². The molecule has 0 amide bonds. The van der Waals surface area contributed by atoms with E-state index in [2.05, 4.69) is 20.5 Å². The monoisotopic (exact) mass is 455 g/mol. The molecule has 2 heterocycles. The van der Waals surface area contributed by atoms with E-state index in [4.69, 9.17) is 4.74 Å². The van der Waals surface area contributed by atoms with Gasteiger partial charge in [-0.1, -0.05) is 72.4 Å². The Bertz CT molecular complexity index is 1400. The summed E-state index contributed by atoms with van der Waals surface area (Å²) in [5.41, 5.74) is 3.16. The average Bonchev–Trinajstić information content (AvgIpc) is 3.50. The van der Waals surface area contributed by atoms with Crippen molar-refractivity contribution in [2.75, 3.05) is 6.61 Å². The molecule has 0 bridgehead atoms. The molecule has 164 valence electrons. The molecule has 0 aliphatic heterocycles. The number of para-hydroxylation sites is 3. The van der Waals surface area contributed by atoms with Gasteiger partial charge in [0.05, 0.1) is 6.61 Å². The Balaban J connectivity index is 1.56. The third kappa shape index (κ3) is 4.12.